The van der Waals surface area contributed by atoms with Crippen molar-refractivity contribution in [2.45, 2.75) is 52.3 Å². The summed E-state index contributed by atoms with van der Waals surface area (Å²) in [4.78, 5) is 41.2. The first kappa shape index (κ1) is 29.8. The molecule has 3 amide bonds. The first-order chi connectivity index (χ1) is 17.4. The number of nitrogens with one attached hydrogen (secondary N) is 2. The van der Waals surface area contributed by atoms with Crippen LogP contribution in [0.25, 0.3) is 0 Å². The first-order valence-corrected chi connectivity index (χ1v) is 12.6. The lowest BCUT2D eigenvalue weighted by Gasteiger charge is -2.33. The Morgan fingerprint density at radius 2 is 1.73 bits per heavy atom. The largest absolute Gasteiger partial charge is 0.497 e. The van der Waals surface area contributed by atoms with Crippen molar-refractivity contribution in [2.75, 3.05) is 24.7 Å². The SMILES string of the molecule is C=CCN(C(=O)C(CS)NC(=O)OC(C)(C)C)C(C(=O)Nc1ccc(OC)cc1)c1ccc(C)c(C)c1. The van der Waals surface area contributed by atoms with Crippen molar-refractivity contribution in [3.63, 3.8) is 0 Å². The van der Waals surface area contributed by atoms with E-state index in [1.165, 1.54) is 11.0 Å². The maximum atomic E-state index is 13.7. The smallest absolute Gasteiger partial charge is 0.408 e. The fraction of sp³-hybridized carbons (Fsp3) is 0.393. The number of nitrogens with zero attached hydrogens (tertiary/aromatic N) is 1. The van der Waals surface area contributed by atoms with E-state index >= 15 is 0 Å². The van der Waals surface area contributed by atoms with Crippen LogP contribution < -0.4 is 15.4 Å². The van der Waals surface area contributed by atoms with Gasteiger partial charge in [-0.25, -0.2) is 4.79 Å². The molecule has 0 heterocycles. The van der Waals surface area contributed by atoms with Gasteiger partial charge in [-0.05, 0) is 75.6 Å². The summed E-state index contributed by atoms with van der Waals surface area (Å²) >= 11 is 4.28. The van der Waals surface area contributed by atoms with Gasteiger partial charge < -0.3 is 25.0 Å². The quantitative estimate of drug-likeness (QED) is 0.304. The molecule has 8 nitrogen and oxygen atoms in total. The van der Waals surface area contributed by atoms with Crippen LogP contribution in [0.3, 0.4) is 0 Å². The summed E-state index contributed by atoms with van der Waals surface area (Å²) in [6.45, 7) is 12.9. The van der Waals surface area contributed by atoms with Crippen molar-refractivity contribution < 1.29 is 23.9 Å². The summed E-state index contributed by atoms with van der Waals surface area (Å²) in [6, 6.07) is 10.5. The normalized spacial score (nSPS) is 12.6. The second-order valence-electron chi connectivity index (χ2n) is 9.62. The van der Waals surface area contributed by atoms with Crippen molar-refractivity contribution >= 4 is 36.2 Å². The third-order valence-corrected chi connectivity index (χ3v) is 5.91. The molecule has 0 aliphatic heterocycles. The fourth-order valence-electron chi connectivity index (χ4n) is 3.59. The van der Waals surface area contributed by atoms with Gasteiger partial charge in [0, 0.05) is 18.0 Å². The lowest BCUT2D eigenvalue weighted by Crippen LogP contribution is -2.53. The molecule has 0 aliphatic carbocycles. The number of anilines is 1. The number of amides is 3. The van der Waals surface area contributed by atoms with Crippen molar-refractivity contribution in [3.8, 4) is 5.75 Å². The van der Waals surface area contributed by atoms with Crippen LogP contribution in [0, 0.1) is 13.8 Å². The summed E-state index contributed by atoms with van der Waals surface area (Å²) < 4.78 is 10.5. The predicted molar refractivity (Wildman–Crippen MR) is 149 cm³/mol. The van der Waals surface area contributed by atoms with Gasteiger partial charge in [0.25, 0.3) is 5.91 Å². The minimum absolute atomic E-state index is 0.00542. The monoisotopic (exact) mass is 527 g/mol. The number of methoxy groups -OCH3 is 1. The second-order valence-corrected chi connectivity index (χ2v) is 9.99. The lowest BCUT2D eigenvalue weighted by atomic mass is 9.98. The average Bonchev–Trinajstić information content (AvgIpc) is 2.83. The Bertz CT molecular complexity index is 1110. The van der Waals surface area contributed by atoms with Crippen LogP contribution in [-0.2, 0) is 14.3 Å². The molecule has 0 radical (unpaired) electrons. The summed E-state index contributed by atoms with van der Waals surface area (Å²) in [7, 11) is 1.56. The molecule has 0 aliphatic rings. The summed E-state index contributed by atoms with van der Waals surface area (Å²) in [6.07, 6.45) is 0.791. The van der Waals surface area contributed by atoms with Gasteiger partial charge in [0.05, 0.1) is 7.11 Å². The van der Waals surface area contributed by atoms with Gasteiger partial charge in [-0.1, -0.05) is 24.3 Å². The third kappa shape index (κ3) is 8.56. The van der Waals surface area contributed by atoms with E-state index in [0.717, 1.165) is 11.1 Å². The zero-order chi connectivity index (χ0) is 27.8. The van der Waals surface area contributed by atoms with Crippen molar-refractivity contribution in [3.05, 3.63) is 71.8 Å². The van der Waals surface area contributed by atoms with Gasteiger partial charge in [-0.2, -0.15) is 12.6 Å². The molecule has 2 atom stereocenters. The molecule has 2 aromatic rings. The van der Waals surface area contributed by atoms with Crippen LogP contribution in [-0.4, -0.2) is 53.9 Å². The van der Waals surface area contributed by atoms with Crippen LogP contribution in [0.1, 0.15) is 43.5 Å². The molecule has 200 valence electrons. The van der Waals surface area contributed by atoms with Crippen LogP contribution in [0.5, 0.6) is 5.75 Å². The van der Waals surface area contributed by atoms with Crippen molar-refractivity contribution in [2.24, 2.45) is 0 Å². The van der Waals surface area contributed by atoms with Gasteiger partial charge in [-0.3, -0.25) is 9.59 Å². The highest BCUT2D eigenvalue weighted by atomic mass is 32.1. The Labute approximate surface area is 224 Å². The van der Waals surface area contributed by atoms with Crippen LogP contribution in [0.15, 0.2) is 55.1 Å². The summed E-state index contributed by atoms with van der Waals surface area (Å²) in [5.41, 5.74) is 2.46. The molecule has 2 unspecified atom stereocenters. The molecule has 2 aromatic carbocycles. The number of carbonyl (C=O) groups excluding carboxylic acids is 3. The molecule has 0 aromatic heterocycles. The van der Waals surface area contributed by atoms with Gasteiger partial charge in [0.2, 0.25) is 5.91 Å². The molecule has 0 saturated heterocycles. The topological polar surface area (TPSA) is 97.0 Å². The molecule has 0 bridgehead atoms. The van der Waals surface area contributed by atoms with Crippen LogP contribution >= 0.6 is 12.6 Å². The lowest BCUT2D eigenvalue weighted by molar-refractivity contribution is -0.139. The van der Waals surface area contributed by atoms with E-state index in [2.05, 4.69) is 29.8 Å². The first-order valence-electron chi connectivity index (χ1n) is 11.9. The van der Waals surface area contributed by atoms with Gasteiger partial charge >= 0.3 is 6.09 Å². The highest BCUT2D eigenvalue weighted by Gasteiger charge is 2.35. The zero-order valence-corrected chi connectivity index (χ0v) is 23.2. The Morgan fingerprint density at radius 3 is 2.24 bits per heavy atom. The second kappa shape index (κ2) is 13.2. The average molecular weight is 528 g/mol. The maximum Gasteiger partial charge on any atom is 0.408 e. The standard InChI is InChI=1S/C28H37N3O5S/c1-8-15-31(26(33)23(17-37)30-27(34)36-28(4,5)6)24(20-10-9-18(2)19(3)16-20)25(32)29-21-11-13-22(35-7)14-12-21/h8-14,16,23-24,37H,1,15,17H2,2-7H3,(H,29,32)(H,30,34). The van der Waals surface area contributed by atoms with Crippen LogP contribution in [0.2, 0.25) is 0 Å². The zero-order valence-electron chi connectivity index (χ0n) is 22.3. The molecule has 37 heavy (non-hydrogen) atoms. The highest BCUT2D eigenvalue weighted by molar-refractivity contribution is 7.80. The Hall–Kier alpha value is -3.46. The van der Waals surface area contributed by atoms with E-state index in [-0.39, 0.29) is 12.3 Å². The molecule has 0 spiro atoms. The minimum Gasteiger partial charge on any atom is -0.497 e. The number of ether oxygens (including phenoxy) is 2. The number of alkyl carbamates (subject to hydrolysis) is 1. The number of carbonyl (C=O) groups is 3. The summed E-state index contributed by atoms with van der Waals surface area (Å²) in [5, 5.41) is 5.48. The highest BCUT2D eigenvalue weighted by Crippen LogP contribution is 2.27. The third-order valence-electron chi connectivity index (χ3n) is 5.54. The van der Waals surface area contributed by atoms with E-state index in [1.807, 2.05) is 32.0 Å². The predicted octanol–water partition coefficient (Wildman–Crippen LogP) is 4.83. The number of benzene rings is 2. The van der Waals surface area contributed by atoms with E-state index in [0.29, 0.717) is 17.0 Å². The van der Waals surface area contributed by atoms with Crippen LogP contribution in [0.4, 0.5) is 10.5 Å². The molecule has 2 rings (SSSR count). The molecular weight excluding hydrogens is 490 g/mol. The van der Waals surface area contributed by atoms with E-state index in [1.54, 1.807) is 52.1 Å². The van der Waals surface area contributed by atoms with E-state index < -0.39 is 35.6 Å². The summed E-state index contributed by atoms with van der Waals surface area (Å²) in [5.74, 6) is -0.254. The van der Waals surface area contributed by atoms with Crippen molar-refractivity contribution in [1.82, 2.24) is 10.2 Å². The van der Waals surface area contributed by atoms with Gasteiger partial charge in [0.15, 0.2) is 0 Å². The number of hydrogen-bond acceptors (Lipinski definition) is 6. The Kier molecular flexibility index (Phi) is 10.6. The molecule has 2 N–H and O–H groups in total. The Morgan fingerprint density at radius 1 is 1.08 bits per heavy atom. The fourth-order valence-corrected chi connectivity index (χ4v) is 3.84. The molecule has 0 saturated carbocycles. The molecule has 9 heteroatoms. The maximum absolute atomic E-state index is 13.7. The van der Waals surface area contributed by atoms with Crippen molar-refractivity contribution in [1.29, 1.82) is 0 Å². The number of rotatable bonds is 10. The van der Waals surface area contributed by atoms with Gasteiger partial charge in [-0.15, -0.1) is 6.58 Å². The Balaban J connectivity index is 2.46. The van der Waals surface area contributed by atoms with E-state index in [9.17, 15) is 14.4 Å². The van der Waals surface area contributed by atoms with Gasteiger partial charge in [0.1, 0.15) is 23.4 Å². The minimum atomic E-state index is -1.03. The molecular formula is C28H37N3O5S. The van der Waals surface area contributed by atoms with E-state index in [4.69, 9.17) is 9.47 Å². The number of thiol groups is 1. The number of aryl methyl sites for hydroxylation is 2. The number of hydrogen-bond donors (Lipinski definition) is 3. The molecule has 0 fully saturated rings.